The minimum atomic E-state index is -0.793. The Morgan fingerprint density at radius 3 is 2.77 bits per heavy atom. The molecule has 0 fully saturated rings. The molecule has 26 heavy (non-hydrogen) atoms. The topological polar surface area (TPSA) is 66.6 Å². The van der Waals surface area contributed by atoms with Crippen molar-refractivity contribution in [2.24, 2.45) is 11.3 Å². The Labute approximate surface area is 158 Å². The summed E-state index contributed by atoms with van der Waals surface area (Å²) in [6, 6.07) is 6.49. The number of hydrogen-bond donors (Lipinski definition) is 2. The molecular formula is C21H26N2O2S. The number of nitrogens with zero attached hydrogens (tertiary/aromatic N) is 1. The summed E-state index contributed by atoms with van der Waals surface area (Å²) in [4.78, 5) is 14.4. The zero-order valence-electron chi connectivity index (χ0n) is 15.6. The van der Waals surface area contributed by atoms with Gasteiger partial charge in [0.1, 0.15) is 0 Å². The van der Waals surface area contributed by atoms with Gasteiger partial charge in [-0.2, -0.15) is 0 Å². The monoisotopic (exact) mass is 370 g/mol. The van der Waals surface area contributed by atoms with E-state index in [0.29, 0.717) is 5.56 Å². The van der Waals surface area contributed by atoms with Crippen molar-refractivity contribution in [3.63, 3.8) is 0 Å². The number of aromatic carboxylic acids is 1. The second kappa shape index (κ2) is 6.19. The highest BCUT2D eigenvalue weighted by Crippen LogP contribution is 2.48. The Morgan fingerprint density at radius 1 is 1.31 bits per heavy atom. The molecule has 0 unspecified atom stereocenters. The summed E-state index contributed by atoms with van der Waals surface area (Å²) < 4.78 is 0. The number of carbonyl (C=O) groups is 1. The Hall–Kier alpha value is -1.69. The maximum Gasteiger partial charge on any atom is 0.337 e. The number of thiophene rings is 1. The van der Waals surface area contributed by atoms with Gasteiger partial charge in [-0.05, 0) is 59.8 Å². The number of aryl methyl sites for hydroxylation is 1. The standard InChI is InChI=1S/C21H26N2O2S/c1-21(2)10-9-17-15(11-21)18(20(24)25)19(26-17)14-6-4-5-13-12(14)7-8-16(13)23(3)22/h4-6,16H,7-11,22H2,1-3H3,(H,24,25)/t16-/m0/s1. The van der Waals surface area contributed by atoms with Crippen LogP contribution in [0.5, 0.6) is 0 Å². The summed E-state index contributed by atoms with van der Waals surface area (Å²) in [5, 5.41) is 11.8. The lowest BCUT2D eigenvalue weighted by molar-refractivity contribution is 0.0696. The highest BCUT2D eigenvalue weighted by molar-refractivity contribution is 7.16. The fraction of sp³-hybridized carbons (Fsp3) is 0.476. The Bertz CT molecular complexity index is 882. The van der Waals surface area contributed by atoms with Crippen LogP contribution < -0.4 is 5.84 Å². The minimum absolute atomic E-state index is 0.168. The average Bonchev–Trinajstić information content (AvgIpc) is 3.14. The Morgan fingerprint density at radius 2 is 2.08 bits per heavy atom. The predicted octanol–water partition coefficient (Wildman–Crippen LogP) is 4.42. The lowest BCUT2D eigenvalue weighted by Crippen LogP contribution is -2.29. The molecule has 0 saturated heterocycles. The van der Waals surface area contributed by atoms with Gasteiger partial charge in [-0.3, -0.25) is 5.84 Å². The highest BCUT2D eigenvalue weighted by Gasteiger charge is 2.34. The van der Waals surface area contributed by atoms with Gasteiger partial charge in [-0.15, -0.1) is 11.3 Å². The molecule has 0 radical (unpaired) electrons. The van der Waals surface area contributed by atoms with Crippen LogP contribution >= 0.6 is 11.3 Å². The molecule has 3 N–H and O–H groups in total. The van der Waals surface area contributed by atoms with Crippen LogP contribution in [0.25, 0.3) is 10.4 Å². The zero-order chi connectivity index (χ0) is 18.6. The van der Waals surface area contributed by atoms with E-state index in [0.717, 1.165) is 48.1 Å². The second-order valence-corrected chi connectivity index (χ2v) is 9.55. The number of hydrogen-bond acceptors (Lipinski definition) is 4. The van der Waals surface area contributed by atoms with Crippen LogP contribution in [0.2, 0.25) is 0 Å². The molecule has 2 aliphatic rings. The van der Waals surface area contributed by atoms with E-state index in [9.17, 15) is 9.90 Å². The average molecular weight is 371 g/mol. The van der Waals surface area contributed by atoms with E-state index in [4.69, 9.17) is 5.84 Å². The van der Waals surface area contributed by atoms with E-state index < -0.39 is 5.97 Å². The minimum Gasteiger partial charge on any atom is -0.478 e. The predicted molar refractivity (Wildman–Crippen MR) is 106 cm³/mol. The first-order valence-electron chi connectivity index (χ1n) is 9.26. The fourth-order valence-electron chi connectivity index (χ4n) is 4.60. The number of carboxylic acids is 1. The Balaban J connectivity index is 1.89. The van der Waals surface area contributed by atoms with Gasteiger partial charge in [0.15, 0.2) is 0 Å². The SMILES string of the molecule is CN(N)[C@H]1CCc2c(-c3sc4c(c3C(=O)O)CC(C)(C)CC4)cccc21. The molecule has 0 saturated carbocycles. The fourth-order valence-corrected chi connectivity index (χ4v) is 5.97. The summed E-state index contributed by atoms with van der Waals surface area (Å²) in [5.74, 6) is 5.24. The highest BCUT2D eigenvalue weighted by atomic mass is 32.1. The molecule has 2 aliphatic carbocycles. The van der Waals surface area contributed by atoms with Gasteiger partial charge in [0.25, 0.3) is 0 Å². The maximum absolute atomic E-state index is 12.2. The molecule has 1 aromatic heterocycles. The normalized spacial score (nSPS) is 20.9. The number of benzene rings is 1. The van der Waals surface area contributed by atoms with E-state index >= 15 is 0 Å². The molecule has 138 valence electrons. The van der Waals surface area contributed by atoms with Crippen molar-refractivity contribution in [3.05, 3.63) is 45.3 Å². The number of fused-ring (bicyclic) bond motifs is 2. The maximum atomic E-state index is 12.2. The smallest absolute Gasteiger partial charge is 0.337 e. The van der Waals surface area contributed by atoms with E-state index in [1.54, 1.807) is 16.3 Å². The van der Waals surface area contributed by atoms with E-state index in [1.165, 1.54) is 16.0 Å². The van der Waals surface area contributed by atoms with Gasteiger partial charge in [-0.1, -0.05) is 32.0 Å². The summed E-state index contributed by atoms with van der Waals surface area (Å²) >= 11 is 1.69. The van der Waals surface area contributed by atoms with E-state index in [-0.39, 0.29) is 11.5 Å². The molecule has 0 aliphatic heterocycles. The molecule has 0 amide bonds. The molecule has 2 aromatic rings. The number of nitrogens with two attached hydrogens (primary N) is 1. The quantitative estimate of drug-likeness (QED) is 0.620. The molecule has 4 rings (SSSR count). The molecule has 0 bridgehead atoms. The third kappa shape index (κ3) is 2.79. The molecule has 4 nitrogen and oxygen atoms in total. The first-order chi connectivity index (χ1) is 12.3. The van der Waals surface area contributed by atoms with Crippen LogP contribution in [0.15, 0.2) is 18.2 Å². The number of carboxylic acid groups (broad SMARTS) is 1. The van der Waals surface area contributed by atoms with Crippen LogP contribution in [-0.2, 0) is 19.3 Å². The van der Waals surface area contributed by atoms with Crippen LogP contribution in [-0.4, -0.2) is 23.1 Å². The number of rotatable bonds is 3. The molecule has 1 aromatic carbocycles. The second-order valence-electron chi connectivity index (χ2n) is 8.45. The molecule has 5 heteroatoms. The molecule has 0 spiro atoms. The van der Waals surface area contributed by atoms with Crippen LogP contribution in [0.1, 0.15) is 64.7 Å². The van der Waals surface area contributed by atoms with Gasteiger partial charge in [0, 0.05) is 22.8 Å². The van der Waals surface area contributed by atoms with Crippen molar-refractivity contribution in [2.45, 2.75) is 52.0 Å². The third-order valence-corrected chi connectivity index (χ3v) is 7.29. The summed E-state index contributed by atoms with van der Waals surface area (Å²) in [5.41, 5.74) is 5.39. The van der Waals surface area contributed by atoms with Gasteiger partial charge in [0.05, 0.1) is 5.56 Å². The van der Waals surface area contributed by atoms with Gasteiger partial charge in [0.2, 0.25) is 0 Å². The zero-order valence-corrected chi connectivity index (χ0v) is 16.4. The van der Waals surface area contributed by atoms with Crippen LogP contribution in [0.3, 0.4) is 0 Å². The molecular weight excluding hydrogens is 344 g/mol. The molecule has 1 heterocycles. The Kier molecular flexibility index (Phi) is 4.21. The summed E-state index contributed by atoms with van der Waals surface area (Å²) in [7, 11) is 1.90. The first-order valence-corrected chi connectivity index (χ1v) is 10.1. The van der Waals surface area contributed by atoms with Gasteiger partial charge < -0.3 is 5.11 Å². The first kappa shape index (κ1) is 17.7. The van der Waals surface area contributed by atoms with Gasteiger partial charge >= 0.3 is 5.97 Å². The van der Waals surface area contributed by atoms with E-state index in [1.807, 2.05) is 13.1 Å². The lowest BCUT2D eigenvalue weighted by Gasteiger charge is -2.29. The lowest BCUT2D eigenvalue weighted by atomic mass is 9.76. The van der Waals surface area contributed by atoms with Crippen molar-refractivity contribution in [3.8, 4) is 10.4 Å². The largest absolute Gasteiger partial charge is 0.478 e. The van der Waals surface area contributed by atoms with Crippen molar-refractivity contribution >= 4 is 17.3 Å². The van der Waals surface area contributed by atoms with E-state index in [2.05, 4.69) is 26.0 Å². The van der Waals surface area contributed by atoms with Gasteiger partial charge in [-0.25, -0.2) is 9.80 Å². The van der Waals surface area contributed by atoms with Crippen molar-refractivity contribution in [1.29, 1.82) is 0 Å². The third-order valence-electron chi connectivity index (χ3n) is 5.96. The number of hydrazine groups is 1. The van der Waals surface area contributed by atoms with Crippen molar-refractivity contribution in [2.75, 3.05) is 7.05 Å². The van der Waals surface area contributed by atoms with Crippen molar-refractivity contribution < 1.29 is 9.90 Å². The van der Waals surface area contributed by atoms with Crippen molar-refractivity contribution in [1.82, 2.24) is 5.01 Å². The summed E-state index contributed by atoms with van der Waals surface area (Å²) in [6.45, 7) is 4.47. The van der Waals surface area contributed by atoms with Crippen LogP contribution in [0, 0.1) is 5.41 Å². The van der Waals surface area contributed by atoms with Crippen LogP contribution in [0.4, 0.5) is 0 Å². The summed E-state index contributed by atoms with van der Waals surface area (Å²) in [6.07, 6.45) is 4.89. The molecule has 1 atom stereocenters.